The lowest BCUT2D eigenvalue weighted by Gasteiger charge is -2.33. The van der Waals surface area contributed by atoms with Crippen molar-refractivity contribution in [3.63, 3.8) is 0 Å². The Labute approximate surface area is 136 Å². The molecule has 0 unspecified atom stereocenters. The van der Waals surface area contributed by atoms with Crippen LogP contribution < -0.4 is 4.74 Å². The Bertz CT molecular complexity index is 726. The molecule has 1 amide bonds. The summed E-state index contributed by atoms with van der Waals surface area (Å²) < 4.78 is 5.54. The van der Waals surface area contributed by atoms with Crippen molar-refractivity contribution in [1.29, 1.82) is 0 Å². The zero-order valence-corrected chi connectivity index (χ0v) is 13.4. The van der Waals surface area contributed by atoms with Crippen LogP contribution in [0, 0.1) is 5.92 Å². The van der Waals surface area contributed by atoms with Crippen molar-refractivity contribution < 1.29 is 9.53 Å². The minimum atomic E-state index is 0.288. The summed E-state index contributed by atoms with van der Waals surface area (Å²) in [6.45, 7) is 0.714. The zero-order chi connectivity index (χ0) is 15.8. The summed E-state index contributed by atoms with van der Waals surface area (Å²) in [6, 6.07) is 16.8. The van der Waals surface area contributed by atoms with Gasteiger partial charge in [0, 0.05) is 19.0 Å². The van der Waals surface area contributed by atoms with Crippen LogP contribution >= 0.6 is 0 Å². The second-order valence-electron chi connectivity index (χ2n) is 6.54. The number of amides is 1. The number of hydrogen-bond donors (Lipinski definition) is 0. The van der Waals surface area contributed by atoms with Crippen molar-refractivity contribution >= 4 is 5.91 Å². The third-order valence-electron chi connectivity index (χ3n) is 5.24. The minimum Gasteiger partial charge on any atom is -0.496 e. The summed E-state index contributed by atoms with van der Waals surface area (Å²) >= 11 is 0. The van der Waals surface area contributed by atoms with E-state index in [0.29, 0.717) is 24.9 Å². The zero-order valence-electron chi connectivity index (χ0n) is 13.4. The van der Waals surface area contributed by atoms with Gasteiger partial charge in [-0.1, -0.05) is 42.5 Å². The second-order valence-corrected chi connectivity index (χ2v) is 6.54. The van der Waals surface area contributed by atoms with E-state index in [9.17, 15) is 4.79 Å². The summed E-state index contributed by atoms with van der Waals surface area (Å²) in [5.74, 6) is 1.68. The van der Waals surface area contributed by atoms with E-state index in [1.54, 1.807) is 7.11 Å². The average molecular weight is 307 g/mol. The molecule has 0 aromatic heterocycles. The number of methoxy groups -OCH3 is 1. The highest BCUT2D eigenvalue weighted by molar-refractivity contribution is 5.79. The molecule has 2 atom stereocenters. The summed E-state index contributed by atoms with van der Waals surface area (Å²) in [5.41, 5.74) is 3.83. The molecule has 2 aliphatic rings. The van der Waals surface area contributed by atoms with Gasteiger partial charge in [0.05, 0.1) is 7.11 Å². The molecule has 0 bridgehead atoms. The second kappa shape index (κ2) is 5.73. The fourth-order valence-electron chi connectivity index (χ4n) is 4.10. The number of rotatable bonds is 3. The number of carbonyl (C=O) groups excluding carboxylic acids is 1. The summed E-state index contributed by atoms with van der Waals surface area (Å²) in [6.07, 6.45) is 2.56. The maximum Gasteiger partial charge on any atom is 0.223 e. The van der Waals surface area contributed by atoms with Crippen LogP contribution in [0.5, 0.6) is 5.75 Å². The molecule has 1 saturated heterocycles. The summed E-state index contributed by atoms with van der Waals surface area (Å²) in [7, 11) is 1.73. The lowest BCUT2D eigenvalue weighted by molar-refractivity contribution is -0.129. The Morgan fingerprint density at radius 3 is 2.65 bits per heavy atom. The highest BCUT2D eigenvalue weighted by Gasteiger charge is 2.42. The van der Waals surface area contributed by atoms with Gasteiger partial charge in [-0.05, 0) is 41.5 Å². The Balaban J connectivity index is 1.63. The molecule has 0 radical (unpaired) electrons. The molecule has 0 saturated carbocycles. The van der Waals surface area contributed by atoms with Crippen LogP contribution in [0.4, 0.5) is 0 Å². The van der Waals surface area contributed by atoms with Gasteiger partial charge in [0.2, 0.25) is 5.91 Å². The first-order chi connectivity index (χ1) is 11.3. The van der Waals surface area contributed by atoms with E-state index in [0.717, 1.165) is 18.6 Å². The average Bonchev–Trinajstić information content (AvgIpc) is 2.88. The molecule has 1 aliphatic heterocycles. The quantitative estimate of drug-likeness (QED) is 0.871. The fourth-order valence-corrected chi connectivity index (χ4v) is 4.10. The van der Waals surface area contributed by atoms with Crippen molar-refractivity contribution in [3.05, 3.63) is 65.2 Å². The van der Waals surface area contributed by atoms with Gasteiger partial charge in [-0.25, -0.2) is 0 Å². The topological polar surface area (TPSA) is 29.5 Å². The molecular formula is C20H21NO2. The highest BCUT2D eigenvalue weighted by atomic mass is 16.5. The summed E-state index contributed by atoms with van der Waals surface area (Å²) in [5, 5.41) is 0. The Morgan fingerprint density at radius 2 is 1.87 bits per heavy atom. The van der Waals surface area contributed by atoms with Crippen molar-refractivity contribution in [2.45, 2.75) is 31.8 Å². The monoisotopic (exact) mass is 307 g/mol. The Morgan fingerprint density at radius 1 is 1.04 bits per heavy atom. The molecule has 0 spiro atoms. The van der Waals surface area contributed by atoms with Gasteiger partial charge in [0.1, 0.15) is 5.75 Å². The molecular weight excluding hydrogens is 286 g/mol. The predicted octanol–water partition coefficient (Wildman–Crippen LogP) is 3.21. The van der Waals surface area contributed by atoms with E-state index in [-0.39, 0.29) is 5.91 Å². The van der Waals surface area contributed by atoms with E-state index >= 15 is 0 Å². The van der Waals surface area contributed by atoms with Crippen LogP contribution in [0.15, 0.2) is 48.5 Å². The van der Waals surface area contributed by atoms with Gasteiger partial charge in [0.15, 0.2) is 0 Å². The number of ether oxygens (including phenoxy) is 1. The first kappa shape index (κ1) is 14.3. The number of fused-ring (bicyclic) bond motifs is 2. The number of benzene rings is 2. The first-order valence-electron chi connectivity index (χ1n) is 8.24. The smallest absolute Gasteiger partial charge is 0.223 e. The van der Waals surface area contributed by atoms with Gasteiger partial charge < -0.3 is 9.64 Å². The highest BCUT2D eigenvalue weighted by Crippen LogP contribution is 2.40. The molecule has 0 N–H and O–H groups in total. The SMILES string of the molecule is COc1cccc2c1C[C@H]1[C@H](CC(=O)N1Cc1ccccc1)C2. The van der Waals surface area contributed by atoms with E-state index < -0.39 is 0 Å². The van der Waals surface area contributed by atoms with Gasteiger partial charge in [-0.15, -0.1) is 0 Å². The third kappa shape index (κ3) is 2.50. The first-order valence-corrected chi connectivity index (χ1v) is 8.24. The van der Waals surface area contributed by atoms with E-state index in [1.807, 2.05) is 24.3 Å². The molecule has 2 aromatic carbocycles. The molecule has 1 heterocycles. The maximum atomic E-state index is 12.5. The Kier molecular flexibility index (Phi) is 3.56. The lowest BCUT2D eigenvalue weighted by atomic mass is 9.80. The number of nitrogens with zero attached hydrogens (tertiary/aromatic N) is 1. The van der Waals surface area contributed by atoms with E-state index in [4.69, 9.17) is 4.74 Å². The molecule has 118 valence electrons. The molecule has 4 rings (SSSR count). The van der Waals surface area contributed by atoms with E-state index in [1.165, 1.54) is 16.7 Å². The standard InChI is InChI=1S/C20H21NO2/c1-23-19-9-5-8-15-10-16-11-20(22)21(18(16)12-17(15)19)13-14-6-3-2-4-7-14/h2-9,16,18H,10-13H2,1H3/t16-,18-/m0/s1. The number of likely N-dealkylation sites (tertiary alicyclic amines) is 1. The van der Waals surface area contributed by atoms with Crippen molar-refractivity contribution in [3.8, 4) is 5.75 Å². The largest absolute Gasteiger partial charge is 0.496 e. The fraction of sp³-hybridized carbons (Fsp3) is 0.350. The molecule has 3 nitrogen and oxygen atoms in total. The van der Waals surface area contributed by atoms with Crippen molar-refractivity contribution in [2.24, 2.45) is 5.92 Å². The molecule has 2 aromatic rings. The van der Waals surface area contributed by atoms with Crippen LogP contribution in [0.25, 0.3) is 0 Å². The van der Waals surface area contributed by atoms with Gasteiger partial charge in [-0.3, -0.25) is 4.79 Å². The molecule has 1 fully saturated rings. The lowest BCUT2D eigenvalue weighted by Crippen LogP contribution is -2.39. The van der Waals surface area contributed by atoms with Crippen molar-refractivity contribution in [1.82, 2.24) is 4.90 Å². The van der Waals surface area contributed by atoms with E-state index in [2.05, 4.69) is 29.2 Å². The van der Waals surface area contributed by atoms with Gasteiger partial charge in [0.25, 0.3) is 0 Å². The van der Waals surface area contributed by atoms with Crippen LogP contribution in [0.2, 0.25) is 0 Å². The Hall–Kier alpha value is -2.29. The van der Waals surface area contributed by atoms with Crippen LogP contribution in [0.3, 0.4) is 0 Å². The van der Waals surface area contributed by atoms with Gasteiger partial charge in [-0.2, -0.15) is 0 Å². The molecule has 3 heteroatoms. The minimum absolute atomic E-state index is 0.288. The third-order valence-corrected chi connectivity index (χ3v) is 5.24. The molecule has 1 aliphatic carbocycles. The van der Waals surface area contributed by atoms with Crippen molar-refractivity contribution in [2.75, 3.05) is 7.11 Å². The van der Waals surface area contributed by atoms with Crippen LogP contribution in [-0.4, -0.2) is 24.0 Å². The van der Waals surface area contributed by atoms with Crippen LogP contribution in [-0.2, 0) is 24.2 Å². The number of hydrogen-bond acceptors (Lipinski definition) is 2. The predicted molar refractivity (Wildman–Crippen MR) is 89.3 cm³/mol. The normalized spacial score (nSPS) is 22.7. The maximum absolute atomic E-state index is 12.5. The summed E-state index contributed by atoms with van der Waals surface area (Å²) in [4.78, 5) is 14.6. The van der Waals surface area contributed by atoms with Crippen LogP contribution in [0.1, 0.15) is 23.1 Å². The van der Waals surface area contributed by atoms with Gasteiger partial charge >= 0.3 is 0 Å². The molecule has 23 heavy (non-hydrogen) atoms. The number of carbonyl (C=O) groups is 1.